The number of para-hydroxylation sites is 1. The third-order valence-electron chi connectivity index (χ3n) is 3.42. The van der Waals surface area contributed by atoms with Gasteiger partial charge in [-0.05, 0) is 26.5 Å². The van der Waals surface area contributed by atoms with E-state index < -0.39 is 16.4 Å². The molecule has 1 N–H and O–H groups in total. The standard InChI is InChI=1S/C14H20N2O5/c1-10-6-5-7-11(16(18)19)12(10)21-9-8-14(2,15-3)13(17)20-4/h5-7,15H,8-9H2,1-4H3. The van der Waals surface area contributed by atoms with Gasteiger partial charge in [-0.3, -0.25) is 14.9 Å². The largest absolute Gasteiger partial charge is 0.487 e. The number of hydrogen-bond acceptors (Lipinski definition) is 6. The van der Waals surface area contributed by atoms with Crippen LogP contribution in [0.2, 0.25) is 0 Å². The number of benzene rings is 1. The molecule has 0 fully saturated rings. The summed E-state index contributed by atoms with van der Waals surface area (Å²) in [5, 5.41) is 13.9. The normalized spacial score (nSPS) is 13.3. The summed E-state index contributed by atoms with van der Waals surface area (Å²) >= 11 is 0. The first-order chi connectivity index (χ1) is 9.85. The van der Waals surface area contributed by atoms with Crippen molar-refractivity contribution in [3.05, 3.63) is 33.9 Å². The molecule has 21 heavy (non-hydrogen) atoms. The predicted octanol–water partition coefficient (Wildman–Crippen LogP) is 1.82. The van der Waals surface area contributed by atoms with Crippen LogP contribution in [0.25, 0.3) is 0 Å². The summed E-state index contributed by atoms with van der Waals surface area (Å²) in [6.07, 6.45) is 0.321. The lowest BCUT2D eigenvalue weighted by Gasteiger charge is -2.26. The van der Waals surface area contributed by atoms with Crippen molar-refractivity contribution in [2.45, 2.75) is 25.8 Å². The van der Waals surface area contributed by atoms with Gasteiger partial charge in [0.25, 0.3) is 0 Å². The minimum atomic E-state index is -0.897. The molecular formula is C14H20N2O5. The number of nitrogens with one attached hydrogen (secondary N) is 1. The van der Waals surface area contributed by atoms with E-state index in [9.17, 15) is 14.9 Å². The predicted molar refractivity (Wildman–Crippen MR) is 77.4 cm³/mol. The van der Waals surface area contributed by atoms with Gasteiger partial charge in [0, 0.05) is 12.5 Å². The molecule has 1 aromatic rings. The minimum absolute atomic E-state index is 0.0840. The molecule has 1 atom stereocenters. The Morgan fingerprint density at radius 3 is 2.67 bits per heavy atom. The van der Waals surface area contributed by atoms with Crippen molar-refractivity contribution < 1.29 is 19.2 Å². The Morgan fingerprint density at radius 2 is 2.14 bits per heavy atom. The van der Waals surface area contributed by atoms with Gasteiger partial charge in [0.15, 0.2) is 5.75 Å². The number of carbonyl (C=O) groups excluding carboxylic acids is 1. The van der Waals surface area contributed by atoms with E-state index in [0.717, 1.165) is 0 Å². The lowest BCUT2D eigenvalue weighted by atomic mass is 9.99. The smallest absolute Gasteiger partial charge is 0.325 e. The molecule has 0 spiro atoms. The maximum atomic E-state index is 11.7. The molecule has 0 saturated carbocycles. The summed E-state index contributed by atoms with van der Waals surface area (Å²) in [4.78, 5) is 22.2. The highest BCUT2D eigenvalue weighted by Crippen LogP contribution is 2.30. The van der Waals surface area contributed by atoms with Crippen LogP contribution in [0.15, 0.2) is 18.2 Å². The zero-order valence-electron chi connectivity index (χ0n) is 12.6. The van der Waals surface area contributed by atoms with Gasteiger partial charge in [-0.2, -0.15) is 0 Å². The van der Waals surface area contributed by atoms with Gasteiger partial charge in [-0.1, -0.05) is 12.1 Å². The van der Waals surface area contributed by atoms with E-state index in [1.807, 2.05) is 0 Å². The highest BCUT2D eigenvalue weighted by molar-refractivity contribution is 5.80. The van der Waals surface area contributed by atoms with Crippen LogP contribution in [-0.4, -0.2) is 37.2 Å². The molecule has 0 aromatic heterocycles. The Balaban J connectivity index is 2.81. The number of rotatable bonds is 7. The van der Waals surface area contributed by atoms with E-state index in [1.165, 1.54) is 13.2 Å². The summed E-state index contributed by atoms with van der Waals surface area (Å²) in [7, 11) is 2.96. The highest BCUT2D eigenvalue weighted by Gasteiger charge is 2.32. The number of aryl methyl sites for hydroxylation is 1. The molecule has 7 heteroatoms. The van der Waals surface area contributed by atoms with Crippen molar-refractivity contribution in [3.8, 4) is 5.75 Å². The molecule has 7 nitrogen and oxygen atoms in total. The third kappa shape index (κ3) is 3.91. The molecule has 1 unspecified atom stereocenters. The topological polar surface area (TPSA) is 90.7 Å². The molecule has 0 bridgehead atoms. The van der Waals surface area contributed by atoms with Crippen LogP contribution in [0.5, 0.6) is 5.75 Å². The number of carbonyl (C=O) groups is 1. The molecular weight excluding hydrogens is 276 g/mol. The average molecular weight is 296 g/mol. The molecule has 0 heterocycles. The zero-order chi connectivity index (χ0) is 16.0. The highest BCUT2D eigenvalue weighted by atomic mass is 16.6. The number of hydrogen-bond donors (Lipinski definition) is 1. The van der Waals surface area contributed by atoms with Gasteiger partial charge in [-0.25, -0.2) is 0 Å². The Labute approximate surface area is 123 Å². The number of ether oxygens (including phenoxy) is 2. The van der Waals surface area contributed by atoms with Gasteiger partial charge >= 0.3 is 11.7 Å². The second kappa shape index (κ2) is 7.03. The number of nitro benzene ring substituents is 1. The second-order valence-corrected chi connectivity index (χ2v) is 4.85. The summed E-state index contributed by atoms with van der Waals surface area (Å²) in [6, 6.07) is 4.73. The average Bonchev–Trinajstić information content (AvgIpc) is 2.47. The van der Waals surface area contributed by atoms with Crippen LogP contribution < -0.4 is 10.1 Å². The summed E-state index contributed by atoms with van der Waals surface area (Å²) < 4.78 is 10.3. The number of esters is 1. The number of nitrogens with zero attached hydrogens (tertiary/aromatic N) is 1. The van der Waals surface area contributed by atoms with Gasteiger partial charge in [0.05, 0.1) is 18.6 Å². The maximum Gasteiger partial charge on any atom is 0.325 e. The molecule has 1 aromatic carbocycles. The summed E-state index contributed by atoms with van der Waals surface area (Å²) in [5.74, 6) is -0.182. The maximum absolute atomic E-state index is 11.7. The van der Waals surface area contributed by atoms with Gasteiger partial charge in [-0.15, -0.1) is 0 Å². The fourth-order valence-corrected chi connectivity index (χ4v) is 1.88. The molecule has 0 radical (unpaired) electrons. The zero-order valence-corrected chi connectivity index (χ0v) is 12.6. The first-order valence-electron chi connectivity index (χ1n) is 6.50. The van der Waals surface area contributed by atoms with Crippen molar-refractivity contribution in [2.75, 3.05) is 20.8 Å². The number of methoxy groups -OCH3 is 1. The molecule has 0 aliphatic rings. The van der Waals surface area contributed by atoms with Crippen molar-refractivity contribution >= 4 is 11.7 Å². The molecule has 0 aliphatic carbocycles. The van der Waals surface area contributed by atoms with Crippen molar-refractivity contribution in [3.63, 3.8) is 0 Å². The van der Waals surface area contributed by atoms with E-state index in [2.05, 4.69) is 5.32 Å². The fourth-order valence-electron chi connectivity index (χ4n) is 1.88. The third-order valence-corrected chi connectivity index (χ3v) is 3.42. The fraction of sp³-hybridized carbons (Fsp3) is 0.500. The van der Waals surface area contributed by atoms with Crippen molar-refractivity contribution in [2.24, 2.45) is 0 Å². The Bertz CT molecular complexity index is 532. The lowest BCUT2D eigenvalue weighted by Crippen LogP contribution is -2.49. The van der Waals surface area contributed by atoms with Crippen molar-refractivity contribution in [1.82, 2.24) is 5.32 Å². The van der Waals surface area contributed by atoms with E-state index in [-0.39, 0.29) is 18.0 Å². The Morgan fingerprint density at radius 1 is 1.48 bits per heavy atom. The monoisotopic (exact) mass is 296 g/mol. The van der Waals surface area contributed by atoms with Gasteiger partial charge in [0.1, 0.15) is 5.54 Å². The Hall–Kier alpha value is -2.15. The molecule has 0 amide bonds. The van der Waals surface area contributed by atoms with E-state index in [1.54, 1.807) is 33.0 Å². The summed E-state index contributed by atoms with van der Waals surface area (Å²) in [6.45, 7) is 3.58. The molecule has 1 rings (SSSR count). The summed E-state index contributed by atoms with van der Waals surface area (Å²) in [5.41, 5.74) is -0.306. The Kier molecular flexibility index (Phi) is 5.66. The van der Waals surface area contributed by atoms with Crippen LogP contribution in [0.3, 0.4) is 0 Å². The van der Waals surface area contributed by atoms with E-state index >= 15 is 0 Å². The number of nitro groups is 1. The molecule has 116 valence electrons. The van der Waals surface area contributed by atoms with Crippen LogP contribution in [0, 0.1) is 17.0 Å². The first-order valence-corrected chi connectivity index (χ1v) is 6.50. The second-order valence-electron chi connectivity index (χ2n) is 4.85. The quantitative estimate of drug-likeness (QED) is 0.469. The SMILES string of the molecule is CNC(C)(CCOc1c(C)cccc1[N+](=O)[O-])C(=O)OC. The van der Waals surface area contributed by atoms with Crippen LogP contribution in [0.4, 0.5) is 5.69 Å². The molecule has 0 saturated heterocycles. The van der Waals surface area contributed by atoms with Crippen LogP contribution in [-0.2, 0) is 9.53 Å². The van der Waals surface area contributed by atoms with E-state index in [4.69, 9.17) is 9.47 Å². The first kappa shape index (κ1) is 16.9. The van der Waals surface area contributed by atoms with Crippen LogP contribution in [0.1, 0.15) is 18.9 Å². The molecule has 0 aliphatic heterocycles. The van der Waals surface area contributed by atoms with Gasteiger partial charge < -0.3 is 14.8 Å². The lowest BCUT2D eigenvalue weighted by molar-refractivity contribution is -0.385. The minimum Gasteiger partial charge on any atom is -0.487 e. The number of likely N-dealkylation sites (N-methyl/N-ethyl adjacent to an activating group) is 1. The van der Waals surface area contributed by atoms with Gasteiger partial charge in [0.2, 0.25) is 0 Å². The van der Waals surface area contributed by atoms with Crippen molar-refractivity contribution in [1.29, 1.82) is 0 Å². The van der Waals surface area contributed by atoms with E-state index in [0.29, 0.717) is 12.0 Å². The van der Waals surface area contributed by atoms with Crippen LogP contribution >= 0.6 is 0 Å².